The largest absolute Gasteiger partial charge is 0.481 e. The lowest BCUT2D eigenvalue weighted by Gasteiger charge is -2.13. The van der Waals surface area contributed by atoms with Crippen molar-refractivity contribution in [1.29, 1.82) is 0 Å². The van der Waals surface area contributed by atoms with E-state index in [-0.39, 0.29) is 0 Å². The topological polar surface area (TPSA) is 128 Å². The average molecular weight is 295 g/mol. The number of nitrogens with one attached hydrogen (secondary N) is 3. The number of carbonyl (C=O) groups excluding carboxylic acids is 1. The maximum Gasteiger partial charge on any atom is 0.326 e. The standard InChI is InChI=1S/C13H17N3O5/c1-14-7-8-3-2-4-9(5-8)15-13(21)16-10(12(19)20)6-11(17)18/h2-5,10,14H,6-7H2,1H3,(H,17,18)(H,19,20)(H2,15,16,21)/t10-/m1/s1. The quantitative estimate of drug-likeness (QED) is 0.497. The maximum atomic E-state index is 11.7. The van der Waals surface area contributed by atoms with Crippen LogP contribution in [0.3, 0.4) is 0 Å². The molecule has 1 rings (SSSR count). The predicted octanol–water partition coefficient (Wildman–Crippen LogP) is 0.455. The number of anilines is 1. The molecule has 0 bridgehead atoms. The van der Waals surface area contributed by atoms with Crippen molar-refractivity contribution >= 4 is 23.7 Å². The first-order valence-electron chi connectivity index (χ1n) is 6.18. The number of urea groups is 1. The molecule has 114 valence electrons. The summed E-state index contributed by atoms with van der Waals surface area (Å²) < 4.78 is 0. The molecule has 0 aliphatic carbocycles. The predicted molar refractivity (Wildman–Crippen MR) is 75.0 cm³/mol. The molecule has 0 spiro atoms. The Morgan fingerprint density at radius 2 is 1.95 bits per heavy atom. The number of benzene rings is 1. The fraction of sp³-hybridized carbons (Fsp3) is 0.308. The molecule has 1 aromatic rings. The van der Waals surface area contributed by atoms with Gasteiger partial charge in [0.1, 0.15) is 6.04 Å². The zero-order chi connectivity index (χ0) is 15.8. The van der Waals surface area contributed by atoms with Crippen molar-refractivity contribution in [2.45, 2.75) is 19.0 Å². The second kappa shape index (κ2) is 7.85. The van der Waals surface area contributed by atoms with Crippen molar-refractivity contribution in [2.75, 3.05) is 12.4 Å². The normalized spacial score (nSPS) is 11.5. The molecule has 8 nitrogen and oxygen atoms in total. The molecule has 0 saturated heterocycles. The fourth-order valence-electron chi connectivity index (χ4n) is 1.66. The van der Waals surface area contributed by atoms with Gasteiger partial charge in [0.05, 0.1) is 6.42 Å². The van der Waals surface area contributed by atoms with E-state index in [1.165, 1.54) is 0 Å². The van der Waals surface area contributed by atoms with Gasteiger partial charge in [-0.15, -0.1) is 0 Å². The van der Waals surface area contributed by atoms with Gasteiger partial charge >= 0.3 is 18.0 Å². The van der Waals surface area contributed by atoms with E-state index in [9.17, 15) is 14.4 Å². The van der Waals surface area contributed by atoms with E-state index in [1.54, 1.807) is 25.2 Å². The first-order valence-corrected chi connectivity index (χ1v) is 6.18. The number of hydrogen-bond acceptors (Lipinski definition) is 4. The summed E-state index contributed by atoms with van der Waals surface area (Å²) in [7, 11) is 1.79. The van der Waals surface area contributed by atoms with Crippen LogP contribution in [0.25, 0.3) is 0 Å². The summed E-state index contributed by atoms with van der Waals surface area (Å²) in [6.07, 6.45) is -0.692. The van der Waals surface area contributed by atoms with Crippen LogP contribution in [0.5, 0.6) is 0 Å². The Kier molecular flexibility index (Phi) is 6.15. The number of amides is 2. The van der Waals surface area contributed by atoms with Gasteiger partial charge < -0.3 is 26.2 Å². The van der Waals surface area contributed by atoms with E-state index < -0.39 is 30.4 Å². The van der Waals surface area contributed by atoms with Crippen LogP contribution in [0.1, 0.15) is 12.0 Å². The van der Waals surface area contributed by atoms with Crippen molar-refractivity contribution in [1.82, 2.24) is 10.6 Å². The lowest BCUT2D eigenvalue weighted by Crippen LogP contribution is -2.44. The van der Waals surface area contributed by atoms with Gasteiger partial charge in [0, 0.05) is 12.2 Å². The number of carboxylic acids is 2. The monoisotopic (exact) mass is 295 g/mol. The third kappa shape index (κ3) is 5.91. The van der Waals surface area contributed by atoms with Crippen LogP contribution in [0, 0.1) is 0 Å². The fourth-order valence-corrected chi connectivity index (χ4v) is 1.66. The maximum absolute atomic E-state index is 11.7. The summed E-state index contributed by atoms with van der Waals surface area (Å²) in [5, 5.41) is 25.0. The van der Waals surface area contributed by atoms with Crippen molar-refractivity contribution in [3.05, 3.63) is 29.8 Å². The summed E-state index contributed by atoms with van der Waals surface area (Å²) in [6.45, 7) is 0.619. The molecular weight excluding hydrogens is 278 g/mol. The molecular formula is C13H17N3O5. The van der Waals surface area contributed by atoms with Gasteiger partial charge in [-0.3, -0.25) is 4.79 Å². The van der Waals surface area contributed by atoms with Gasteiger partial charge in [0.25, 0.3) is 0 Å². The zero-order valence-corrected chi connectivity index (χ0v) is 11.4. The van der Waals surface area contributed by atoms with Gasteiger partial charge in [-0.05, 0) is 24.7 Å². The second-order valence-corrected chi connectivity index (χ2v) is 4.32. The molecule has 0 fully saturated rings. The minimum Gasteiger partial charge on any atom is -0.481 e. The summed E-state index contributed by atoms with van der Waals surface area (Å²) in [6, 6.07) is 4.72. The lowest BCUT2D eigenvalue weighted by atomic mass is 10.2. The van der Waals surface area contributed by atoms with E-state index in [4.69, 9.17) is 10.2 Å². The number of carbonyl (C=O) groups is 3. The molecule has 0 aliphatic heterocycles. The first-order chi connectivity index (χ1) is 9.92. The van der Waals surface area contributed by atoms with E-state index in [1.807, 2.05) is 6.07 Å². The highest BCUT2D eigenvalue weighted by atomic mass is 16.4. The smallest absolute Gasteiger partial charge is 0.326 e. The van der Waals surface area contributed by atoms with Crippen LogP contribution in [0.2, 0.25) is 0 Å². The molecule has 8 heteroatoms. The average Bonchev–Trinajstić information content (AvgIpc) is 2.38. The highest BCUT2D eigenvalue weighted by molar-refractivity contribution is 5.93. The first kappa shape index (κ1) is 16.4. The van der Waals surface area contributed by atoms with Crippen molar-refractivity contribution in [3.8, 4) is 0 Å². The molecule has 1 atom stereocenters. The third-order valence-corrected chi connectivity index (χ3v) is 2.55. The number of aliphatic carboxylic acids is 2. The molecule has 0 aliphatic rings. The van der Waals surface area contributed by atoms with Gasteiger partial charge in [0.2, 0.25) is 0 Å². The van der Waals surface area contributed by atoms with Crippen molar-refractivity contribution in [2.24, 2.45) is 0 Å². The number of hydrogen-bond donors (Lipinski definition) is 5. The van der Waals surface area contributed by atoms with Crippen molar-refractivity contribution in [3.63, 3.8) is 0 Å². The second-order valence-electron chi connectivity index (χ2n) is 4.32. The van der Waals surface area contributed by atoms with E-state index >= 15 is 0 Å². The zero-order valence-electron chi connectivity index (χ0n) is 11.4. The summed E-state index contributed by atoms with van der Waals surface area (Å²) in [5.41, 5.74) is 1.43. The molecule has 0 radical (unpaired) electrons. The highest BCUT2D eigenvalue weighted by Crippen LogP contribution is 2.10. The Bertz CT molecular complexity index is 532. The number of rotatable bonds is 7. The molecule has 1 aromatic carbocycles. The van der Waals surface area contributed by atoms with E-state index in [0.29, 0.717) is 12.2 Å². The Morgan fingerprint density at radius 1 is 1.24 bits per heavy atom. The van der Waals surface area contributed by atoms with Gasteiger partial charge in [-0.1, -0.05) is 12.1 Å². The van der Waals surface area contributed by atoms with Crippen LogP contribution in [0.15, 0.2) is 24.3 Å². The SMILES string of the molecule is CNCc1cccc(NC(=O)N[C@H](CC(=O)O)C(=O)O)c1. The molecule has 2 amide bonds. The Balaban J connectivity index is 2.65. The van der Waals surface area contributed by atoms with Gasteiger partial charge in [-0.25, -0.2) is 9.59 Å². The molecule has 0 aromatic heterocycles. The van der Waals surface area contributed by atoms with E-state index in [2.05, 4.69) is 16.0 Å². The van der Waals surface area contributed by atoms with E-state index in [0.717, 1.165) is 5.56 Å². The molecule has 0 unspecified atom stereocenters. The molecule has 5 N–H and O–H groups in total. The van der Waals surface area contributed by atoms with Crippen LogP contribution in [-0.4, -0.2) is 41.3 Å². The van der Waals surface area contributed by atoms with Crippen LogP contribution >= 0.6 is 0 Å². The summed E-state index contributed by atoms with van der Waals surface area (Å²) >= 11 is 0. The molecule has 0 heterocycles. The Labute approximate surface area is 121 Å². The Hall–Kier alpha value is -2.61. The lowest BCUT2D eigenvalue weighted by molar-refractivity contribution is -0.145. The minimum absolute atomic E-state index is 0.486. The molecule has 21 heavy (non-hydrogen) atoms. The van der Waals surface area contributed by atoms with Crippen LogP contribution < -0.4 is 16.0 Å². The summed E-state index contributed by atoms with van der Waals surface area (Å²) in [4.78, 5) is 33.1. The van der Waals surface area contributed by atoms with Gasteiger partial charge in [0.15, 0.2) is 0 Å². The minimum atomic E-state index is -1.48. The third-order valence-electron chi connectivity index (χ3n) is 2.55. The summed E-state index contributed by atoms with van der Waals surface area (Å²) in [5.74, 6) is -2.71. The van der Waals surface area contributed by atoms with Gasteiger partial charge in [-0.2, -0.15) is 0 Å². The van der Waals surface area contributed by atoms with Crippen LogP contribution in [0.4, 0.5) is 10.5 Å². The van der Waals surface area contributed by atoms with Crippen molar-refractivity contribution < 1.29 is 24.6 Å². The highest BCUT2D eigenvalue weighted by Gasteiger charge is 2.22. The molecule has 0 saturated carbocycles. The van der Waals surface area contributed by atoms with Crippen LogP contribution in [-0.2, 0) is 16.1 Å². The Morgan fingerprint density at radius 3 is 2.52 bits per heavy atom. The number of carboxylic acid groups (broad SMARTS) is 2.